The Bertz CT molecular complexity index is 358. The summed E-state index contributed by atoms with van der Waals surface area (Å²) in [5, 5.41) is 0. The number of likely N-dealkylation sites (N-methyl/N-ethyl adjacent to an activating group) is 2. The molecule has 2 rings (SSSR count). The van der Waals surface area contributed by atoms with Crippen LogP contribution < -0.4 is 0 Å². The first-order chi connectivity index (χ1) is 9.54. The van der Waals surface area contributed by atoms with Gasteiger partial charge in [0.25, 0.3) is 0 Å². The molecule has 8 heteroatoms. The highest BCUT2D eigenvalue weighted by Crippen LogP contribution is 2.32. The van der Waals surface area contributed by atoms with E-state index in [4.69, 9.17) is 9.47 Å². The topological polar surface area (TPSA) is 65.6 Å². The molecule has 0 atom stereocenters. The van der Waals surface area contributed by atoms with Crippen molar-refractivity contribution in [2.24, 2.45) is 0 Å². The van der Waals surface area contributed by atoms with Gasteiger partial charge in [0.2, 0.25) is 0 Å². The fourth-order valence-corrected chi connectivity index (χ4v) is 2.65. The van der Waals surface area contributed by atoms with Gasteiger partial charge in [-0.25, -0.2) is 9.59 Å². The van der Waals surface area contributed by atoms with Gasteiger partial charge in [-0.2, -0.15) is 0 Å². The van der Waals surface area contributed by atoms with E-state index in [0.717, 1.165) is 0 Å². The van der Waals surface area contributed by atoms with Crippen LogP contribution in [0, 0.1) is 0 Å². The van der Waals surface area contributed by atoms with E-state index in [0.29, 0.717) is 13.2 Å². The summed E-state index contributed by atoms with van der Waals surface area (Å²) in [6, 6.07) is -0.288. The van der Waals surface area contributed by atoms with Crippen molar-refractivity contribution in [2.75, 3.05) is 40.8 Å². The molecule has 114 valence electrons. The summed E-state index contributed by atoms with van der Waals surface area (Å²) in [6.07, 6.45) is -0.681. The number of urea groups is 2. The number of nitrogens with zero attached hydrogens (tertiary/aromatic N) is 4. The van der Waals surface area contributed by atoms with Crippen LogP contribution in [0.4, 0.5) is 9.59 Å². The maximum Gasteiger partial charge on any atom is 0.325 e. The Balaban J connectivity index is 2.22. The summed E-state index contributed by atoms with van der Waals surface area (Å²) in [7, 11) is 3.39. The highest BCUT2D eigenvalue weighted by Gasteiger charge is 2.56. The lowest BCUT2D eigenvalue weighted by Crippen LogP contribution is -2.48. The summed E-state index contributed by atoms with van der Waals surface area (Å²) in [5.74, 6) is 0. The minimum atomic E-state index is -0.372. The molecule has 0 aromatic rings. The first-order valence-corrected chi connectivity index (χ1v) is 6.76. The molecule has 2 aliphatic heterocycles. The number of carbonyl (C=O) groups is 2. The molecule has 0 bridgehead atoms. The van der Waals surface area contributed by atoms with Crippen molar-refractivity contribution in [3.63, 3.8) is 0 Å². The van der Waals surface area contributed by atoms with Crippen LogP contribution in [-0.4, -0.2) is 84.8 Å². The number of carbonyl (C=O) groups excluding carboxylic acids is 2. The van der Waals surface area contributed by atoms with Crippen LogP contribution in [0.2, 0.25) is 0 Å². The van der Waals surface area contributed by atoms with Gasteiger partial charge >= 0.3 is 12.1 Å². The van der Waals surface area contributed by atoms with Crippen LogP contribution in [0.3, 0.4) is 0 Å². The Morgan fingerprint density at radius 3 is 1.60 bits per heavy atom. The lowest BCUT2D eigenvalue weighted by atomic mass is 10.3. The van der Waals surface area contributed by atoms with Gasteiger partial charge in [0, 0.05) is 27.3 Å². The molecular weight excluding hydrogens is 264 g/mol. The fourth-order valence-electron chi connectivity index (χ4n) is 2.65. The largest absolute Gasteiger partial charge is 0.361 e. The molecule has 2 fully saturated rings. The molecule has 8 nitrogen and oxygen atoms in total. The van der Waals surface area contributed by atoms with Gasteiger partial charge in [0.1, 0.15) is 19.6 Å². The molecule has 0 aromatic carbocycles. The van der Waals surface area contributed by atoms with Crippen molar-refractivity contribution in [3.05, 3.63) is 0 Å². The van der Waals surface area contributed by atoms with Crippen LogP contribution in [0.15, 0.2) is 0 Å². The number of rotatable bonds is 6. The molecule has 0 radical (unpaired) electrons. The molecular formula is C12H22N4O4. The normalized spacial score (nSPS) is 26.0. The lowest BCUT2D eigenvalue weighted by molar-refractivity contribution is -0.0209. The average molecular weight is 286 g/mol. The van der Waals surface area contributed by atoms with E-state index in [9.17, 15) is 9.59 Å². The van der Waals surface area contributed by atoms with Crippen molar-refractivity contribution >= 4 is 12.1 Å². The van der Waals surface area contributed by atoms with E-state index in [1.165, 1.54) is 0 Å². The van der Waals surface area contributed by atoms with Gasteiger partial charge in [0.15, 0.2) is 6.17 Å². The second-order valence-corrected chi connectivity index (χ2v) is 4.80. The Hall–Kier alpha value is -1.54. The molecule has 0 N–H and O–H groups in total. The Labute approximate surface area is 118 Å². The van der Waals surface area contributed by atoms with E-state index < -0.39 is 0 Å². The quantitative estimate of drug-likeness (QED) is 0.707. The summed E-state index contributed by atoms with van der Waals surface area (Å²) < 4.78 is 10.7. The van der Waals surface area contributed by atoms with Gasteiger partial charge in [-0.1, -0.05) is 0 Å². The van der Waals surface area contributed by atoms with Gasteiger partial charge in [-0.05, 0) is 13.8 Å². The maximum atomic E-state index is 12.3. The number of fused-ring (bicyclic) bond motifs is 1. The third kappa shape index (κ3) is 2.18. The standard InChI is InChI=1S/C12H22N4O4/c1-5-19-7-15-10-9(13(3)11(15)17)14(4)12(18)16(10)8-20-6-2/h9-10H,5-8H2,1-4H3. The maximum absolute atomic E-state index is 12.3. The summed E-state index contributed by atoms with van der Waals surface area (Å²) in [4.78, 5) is 30.8. The van der Waals surface area contributed by atoms with Gasteiger partial charge in [0.05, 0.1) is 0 Å². The molecule has 0 aromatic heterocycles. The van der Waals surface area contributed by atoms with Crippen LogP contribution in [0.1, 0.15) is 13.8 Å². The number of hydrogen-bond donors (Lipinski definition) is 0. The highest BCUT2D eigenvalue weighted by molar-refractivity contribution is 5.84. The smallest absolute Gasteiger partial charge is 0.325 e. The second-order valence-electron chi connectivity index (χ2n) is 4.80. The summed E-state index contributed by atoms with van der Waals surface area (Å²) in [5.41, 5.74) is 0. The Morgan fingerprint density at radius 1 is 0.850 bits per heavy atom. The van der Waals surface area contributed by atoms with Crippen LogP contribution in [-0.2, 0) is 9.47 Å². The minimum Gasteiger partial charge on any atom is -0.361 e. The van der Waals surface area contributed by atoms with E-state index >= 15 is 0 Å². The number of ether oxygens (including phenoxy) is 2. The molecule has 0 unspecified atom stereocenters. The molecule has 2 aliphatic rings. The lowest BCUT2D eigenvalue weighted by Gasteiger charge is -2.28. The summed E-state index contributed by atoms with van der Waals surface area (Å²) >= 11 is 0. The van der Waals surface area contributed by atoms with E-state index in [1.807, 2.05) is 13.8 Å². The van der Waals surface area contributed by atoms with Gasteiger partial charge in [-0.3, -0.25) is 9.80 Å². The third-order valence-electron chi connectivity index (χ3n) is 3.66. The van der Waals surface area contributed by atoms with Crippen LogP contribution in [0.25, 0.3) is 0 Å². The monoisotopic (exact) mass is 286 g/mol. The number of amides is 4. The number of hydrogen-bond acceptors (Lipinski definition) is 4. The van der Waals surface area contributed by atoms with E-state index in [-0.39, 0.29) is 37.9 Å². The van der Waals surface area contributed by atoms with E-state index in [1.54, 1.807) is 33.7 Å². The first-order valence-electron chi connectivity index (χ1n) is 6.76. The van der Waals surface area contributed by atoms with Crippen molar-refractivity contribution in [3.8, 4) is 0 Å². The van der Waals surface area contributed by atoms with Crippen molar-refractivity contribution in [2.45, 2.75) is 26.2 Å². The van der Waals surface area contributed by atoms with Gasteiger partial charge in [-0.15, -0.1) is 0 Å². The highest BCUT2D eigenvalue weighted by atomic mass is 16.5. The van der Waals surface area contributed by atoms with Gasteiger partial charge < -0.3 is 19.3 Å². The third-order valence-corrected chi connectivity index (χ3v) is 3.66. The fraction of sp³-hybridized carbons (Fsp3) is 0.833. The van der Waals surface area contributed by atoms with Crippen LogP contribution >= 0.6 is 0 Å². The minimum absolute atomic E-state index is 0.144. The molecule has 4 amide bonds. The Kier molecular flexibility index (Phi) is 4.34. The first kappa shape index (κ1) is 14.9. The van der Waals surface area contributed by atoms with Crippen LogP contribution in [0.5, 0.6) is 0 Å². The molecule has 0 aliphatic carbocycles. The predicted octanol–water partition coefficient (Wildman–Crippen LogP) is 0.361. The van der Waals surface area contributed by atoms with Crippen molar-refractivity contribution in [1.82, 2.24) is 19.6 Å². The second kappa shape index (κ2) is 5.84. The van der Waals surface area contributed by atoms with Crippen molar-refractivity contribution < 1.29 is 19.1 Å². The van der Waals surface area contributed by atoms with Crippen molar-refractivity contribution in [1.29, 1.82) is 0 Å². The Morgan fingerprint density at radius 2 is 1.25 bits per heavy atom. The molecule has 20 heavy (non-hydrogen) atoms. The zero-order chi connectivity index (χ0) is 14.9. The predicted molar refractivity (Wildman–Crippen MR) is 70.6 cm³/mol. The zero-order valence-electron chi connectivity index (χ0n) is 12.4. The molecule has 2 saturated heterocycles. The zero-order valence-corrected chi connectivity index (χ0v) is 12.4. The molecule has 0 spiro atoms. The SMILES string of the molecule is CCOCN1C(=O)N(C)C2C1N(COCC)C(=O)N2C. The molecule has 0 saturated carbocycles. The average Bonchev–Trinajstić information content (AvgIpc) is 2.82. The molecule has 2 heterocycles. The van der Waals surface area contributed by atoms with E-state index in [2.05, 4.69) is 0 Å². The summed E-state index contributed by atoms with van der Waals surface area (Å²) in [6.45, 7) is 5.10.